The average molecular weight is 316 g/mol. The highest BCUT2D eigenvalue weighted by atomic mass is 79.9. The van der Waals surface area contributed by atoms with Crippen LogP contribution in [-0.4, -0.2) is 20.5 Å². The average Bonchev–Trinajstić information content (AvgIpc) is 2.26. The minimum Gasteiger partial charge on any atom is -0.234 e. The van der Waals surface area contributed by atoms with Gasteiger partial charge in [0, 0.05) is 11.5 Å². The SMILES string of the molecule is CC(C)(C)[S@@](=O)/N=C/c1ccccc1CCBr. The Hall–Kier alpha value is -0.480. The summed E-state index contributed by atoms with van der Waals surface area (Å²) in [7, 11) is -1.19. The van der Waals surface area contributed by atoms with Crippen LogP contribution < -0.4 is 0 Å². The Morgan fingerprint density at radius 1 is 1.35 bits per heavy atom. The van der Waals surface area contributed by atoms with Crippen LogP contribution in [0.5, 0.6) is 0 Å². The second-order valence-corrected chi connectivity index (χ2v) is 7.46. The number of alkyl halides is 1. The van der Waals surface area contributed by atoms with Crippen LogP contribution in [0.3, 0.4) is 0 Å². The summed E-state index contributed by atoms with van der Waals surface area (Å²) in [5.41, 5.74) is 2.27. The molecule has 1 aromatic rings. The van der Waals surface area contributed by atoms with Crippen LogP contribution in [0.4, 0.5) is 0 Å². The highest BCUT2D eigenvalue weighted by Crippen LogP contribution is 2.13. The molecule has 0 heterocycles. The molecule has 0 N–H and O–H groups in total. The predicted molar refractivity (Wildman–Crippen MR) is 79.4 cm³/mol. The van der Waals surface area contributed by atoms with Gasteiger partial charge in [-0.1, -0.05) is 40.2 Å². The molecule has 17 heavy (non-hydrogen) atoms. The number of nitrogens with zero attached hydrogens (tertiary/aromatic N) is 1. The largest absolute Gasteiger partial charge is 0.234 e. The van der Waals surface area contributed by atoms with Crippen LogP contribution in [0.1, 0.15) is 31.9 Å². The van der Waals surface area contributed by atoms with Crippen molar-refractivity contribution < 1.29 is 4.21 Å². The van der Waals surface area contributed by atoms with Crippen molar-refractivity contribution in [1.29, 1.82) is 0 Å². The van der Waals surface area contributed by atoms with Crippen LogP contribution in [0.25, 0.3) is 0 Å². The van der Waals surface area contributed by atoms with Gasteiger partial charge in [-0.2, -0.15) is 4.40 Å². The lowest BCUT2D eigenvalue weighted by atomic mass is 10.1. The molecular weight excluding hydrogens is 298 g/mol. The van der Waals surface area contributed by atoms with E-state index >= 15 is 0 Å². The van der Waals surface area contributed by atoms with Gasteiger partial charge < -0.3 is 0 Å². The number of aryl methyl sites for hydroxylation is 1. The molecule has 94 valence electrons. The van der Waals surface area contributed by atoms with Crippen LogP contribution in [0.15, 0.2) is 28.7 Å². The third-order valence-corrected chi connectivity index (χ3v) is 3.97. The maximum Gasteiger partial charge on any atom is 0.144 e. The molecule has 1 rings (SSSR count). The molecule has 0 saturated carbocycles. The van der Waals surface area contributed by atoms with Gasteiger partial charge in [-0.25, -0.2) is 4.21 Å². The van der Waals surface area contributed by atoms with Crippen molar-refractivity contribution in [2.75, 3.05) is 5.33 Å². The van der Waals surface area contributed by atoms with E-state index in [0.29, 0.717) is 0 Å². The number of hydrogen-bond donors (Lipinski definition) is 0. The van der Waals surface area contributed by atoms with Crippen molar-refractivity contribution in [3.05, 3.63) is 35.4 Å². The maximum absolute atomic E-state index is 11.8. The van der Waals surface area contributed by atoms with Gasteiger partial charge in [0.15, 0.2) is 0 Å². The topological polar surface area (TPSA) is 29.4 Å². The Morgan fingerprint density at radius 3 is 2.59 bits per heavy atom. The normalized spacial score (nSPS) is 14.1. The van der Waals surface area contributed by atoms with Gasteiger partial charge in [0.25, 0.3) is 0 Å². The summed E-state index contributed by atoms with van der Waals surface area (Å²) < 4.78 is 15.6. The first-order chi connectivity index (χ1) is 7.95. The minimum atomic E-state index is -1.19. The maximum atomic E-state index is 11.8. The molecule has 0 radical (unpaired) electrons. The van der Waals surface area contributed by atoms with Gasteiger partial charge >= 0.3 is 0 Å². The number of halogens is 1. The number of rotatable bonds is 4. The van der Waals surface area contributed by atoms with E-state index in [2.05, 4.69) is 26.4 Å². The fourth-order valence-electron chi connectivity index (χ4n) is 1.25. The molecule has 0 spiro atoms. The zero-order valence-electron chi connectivity index (χ0n) is 10.4. The molecule has 0 aromatic heterocycles. The minimum absolute atomic E-state index is 0.305. The van der Waals surface area contributed by atoms with Crippen LogP contribution in [-0.2, 0) is 17.4 Å². The van der Waals surface area contributed by atoms with Crippen LogP contribution in [0.2, 0.25) is 0 Å². The first kappa shape index (κ1) is 14.6. The lowest BCUT2D eigenvalue weighted by Crippen LogP contribution is -2.19. The molecule has 0 bridgehead atoms. The van der Waals surface area contributed by atoms with Gasteiger partial charge in [-0.15, -0.1) is 0 Å². The number of hydrogen-bond acceptors (Lipinski definition) is 1. The van der Waals surface area contributed by atoms with E-state index in [4.69, 9.17) is 0 Å². The molecule has 0 aliphatic rings. The highest BCUT2D eigenvalue weighted by molar-refractivity contribution is 9.09. The van der Waals surface area contributed by atoms with Crippen molar-refractivity contribution in [2.45, 2.75) is 31.9 Å². The van der Waals surface area contributed by atoms with Gasteiger partial charge in [0.2, 0.25) is 0 Å². The lowest BCUT2D eigenvalue weighted by Gasteiger charge is -2.13. The Morgan fingerprint density at radius 2 is 2.00 bits per heavy atom. The predicted octanol–water partition coefficient (Wildman–Crippen LogP) is 3.51. The first-order valence-corrected chi connectivity index (χ1v) is 7.78. The summed E-state index contributed by atoms with van der Waals surface area (Å²) in [4.78, 5) is 0. The van der Waals surface area contributed by atoms with E-state index in [-0.39, 0.29) is 4.75 Å². The van der Waals surface area contributed by atoms with E-state index < -0.39 is 11.0 Å². The summed E-state index contributed by atoms with van der Waals surface area (Å²) in [6, 6.07) is 8.05. The van der Waals surface area contributed by atoms with Crippen LogP contribution >= 0.6 is 15.9 Å². The molecular formula is C13H18BrNOS. The summed E-state index contributed by atoms with van der Waals surface area (Å²) in [6.07, 6.45) is 2.67. The van der Waals surface area contributed by atoms with Crippen LogP contribution in [0, 0.1) is 0 Å². The highest BCUT2D eigenvalue weighted by Gasteiger charge is 2.18. The van der Waals surface area contributed by atoms with E-state index in [1.807, 2.05) is 39.0 Å². The Kier molecular flexibility index (Phi) is 5.53. The molecule has 4 heteroatoms. The zero-order valence-corrected chi connectivity index (χ0v) is 12.8. The second kappa shape index (κ2) is 6.45. The van der Waals surface area contributed by atoms with E-state index in [9.17, 15) is 4.21 Å². The van der Waals surface area contributed by atoms with Crippen molar-refractivity contribution in [1.82, 2.24) is 0 Å². The molecule has 0 saturated heterocycles. The fraction of sp³-hybridized carbons (Fsp3) is 0.462. The Balaban J connectivity index is 2.88. The van der Waals surface area contributed by atoms with Gasteiger partial charge in [-0.3, -0.25) is 0 Å². The standard InChI is InChI=1S/C13H18BrNOS/c1-13(2,3)17(16)15-10-12-7-5-4-6-11(12)8-9-14/h4-7,10H,8-9H2,1-3H3/b15-10+/t17-/m1/s1. The zero-order chi connectivity index (χ0) is 12.9. The van der Waals surface area contributed by atoms with E-state index in [1.54, 1.807) is 6.21 Å². The summed E-state index contributed by atoms with van der Waals surface area (Å²) in [6.45, 7) is 5.76. The fourth-order valence-corrected chi connectivity index (χ4v) is 2.21. The number of benzene rings is 1. The van der Waals surface area contributed by atoms with Gasteiger partial charge in [-0.05, 0) is 38.3 Å². The van der Waals surface area contributed by atoms with Crippen molar-refractivity contribution in [3.8, 4) is 0 Å². The monoisotopic (exact) mass is 315 g/mol. The Labute approximate surface area is 114 Å². The molecule has 0 unspecified atom stereocenters. The van der Waals surface area contributed by atoms with E-state index in [0.717, 1.165) is 17.3 Å². The molecule has 1 atom stereocenters. The quantitative estimate of drug-likeness (QED) is 0.617. The molecule has 0 amide bonds. The van der Waals surface area contributed by atoms with E-state index in [1.165, 1.54) is 5.56 Å². The van der Waals surface area contributed by atoms with Crippen molar-refractivity contribution >= 4 is 33.1 Å². The first-order valence-electron chi connectivity index (χ1n) is 5.55. The Bertz CT molecular complexity index is 424. The summed E-state index contributed by atoms with van der Waals surface area (Å²) >= 11 is 3.43. The molecule has 1 aromatic carbocycles. The van der Waals surface area contributed by atoms with Crippen molar-refractivity contribution in [2.24, 2.45) is 4.40 Å². The second-order valence-electron chi connectivity index (χ2n) is 4.73. The third-order valence-electron chi connectivity index (χ3n) is 2.23. The molecule has 0 fully saturated rings. The summed E-state index contributed by atoms with van der Waals surface area (Å²) in [5, 5.41) is 0.917. The third kappa shape index (κ3) is 4.72. The summed E-state index contributed by atoms with van der Waals surface area (Å²) in [5.74, 6) is 0. The molecule has 0 aliphatic heterocycles. The van der Waals surface area contributed by atoms with Gasteiger partial charge in [0.1, 0.15) is 11.0 Å². The smallest absolute Gasteiger partial charge is 0.144 e. The van der Waals surface area contributed by atoms with Gasteiger partial charge in [0.05, 0.1) is 4.75 Å². The van der Waals surface area contributed by atoms with Crippen molar-refractivity contribution in [3.63, 3.8) is 0 Å². The lowest BCUT2D eigenvalue weighted by molar-refractivity contribution is 0.651. The molecule has 2 nitrogen and oxygen atoms in total. The molecule has 0 aliphatic carbocycles.